The van der Waals surface area contributed by atoms with Gasteiger partial charge in [-0.05, 0) is 6.92 Å². The van der Waals surface area contributed by atoms with E-state index in [0.29, 0.717) is 6.29 Å². The second-order valence-electron chi connectivity index (χ2n) is 2.56. The van der Waals surface area contributed by atoms with E-state index in [1.807, 2.05) is 0 Å². The van der Waals surface area contributed by atoms with Gasteiger partial charge in [0.05, 0.1) is 5.56 Å². The van der Waals surface area contributed by atoms with E-state index in [-0.39, 0.29) is 22.5 Å². The molecule has 3 nitrogen and oxygen atoms in total. The van der Waals surface area contributed by atoms with Crippen LogP contribution in [0.3, 0.4) is 0 Å². The minimum Gasteiger partial charge on any atom is -0.398 e. The zero-order chi connectivity index (χ0) is 10.0. The number of aromatic nitrogens is 1. The molecule has 0 aliphatic heterocycles. The molecular formula is C8H8F2N2O. The Balaban J connectivity index is 3.31. The molecule has 5 heteroatoms. The van der Waals surface area contributed by atoms with Crippen molar-refractivity contribution in [2.75, 3.05) is 5.73 Å². The summed E-state index contributed by atoms with van der Waals surface area (Å²) >= 11 is 0. The van der Waals surface area contributed by atoms with E-state index in [1.54, 1.807) is 0 Å². The third-order valence-electron chi connectivity index (χ3n) is 1.78. The van der Waals surface area contributed by atoms with E-state index in [9.17, 15) is 13.6 Å². The minimum atomic E-state index is -2.66. The van der Waals surface area contributed by atoms with Gasteiger partial charge in [-0.25, -0.2) is 8.78 Å². The summed E-state index contributed by atoms with van der Waals surface area (Å²) < 4.78 is 24.5. The first kappa shape index (κ1) is 9.57. The van der Waals surface area contributed by atoms with Gasteiger partial charge in [0.2, 0.25) is 0 Å². The molecule has 1 aromatic rings. The molecule has 1 aromatic heterocycles. The van der Waals surface area contributed by atoms with Gasteiger partial charge in [0.15, 0.2) is 6.29 Å². The molecule has 0 fully saturated rings. The molecule has 0 aromatic carbocycles. The summed E-state index contributed by atoms with van der Waals surface area (Å²) in [6.45, 7) is 1.41. The lowest BCUT2D eigenvalue weighted by Crippen LogP contribution is -2.03. The first-order valence-electron chi connectivity index (χ1n) is 3.56. The van der Waals surface area contributed by atoms with Gasteiger partial charge in [0.1, 0.15) is 5.69 Å². The van der Waals surface area contributed by atoms with Gasteiger partial charge >= 0.3 is 0 Å². The van der Waals surface area contributed by atoms with Gasteiger partial charge in [-0.3, -0.25) is 9.78 Å². The lowest BCUT2D eigenvalue weighted by molar-refractivity contribution is 0.112. The Labute approximate surface area is 73.6 Å². The third kappa shape index (κ3) is 1.63. The SMILES string of the molecule is Cc1c(C(F)F)ncc(C=O)c1N. The Bertz CT molecular complexity index is 339. The van der Waals surface area contributed by atoms with E-state index in [0.717, 1.165) is 6.20 Å². The average Bonchev–Trinajstić information content (AvgIpc) is 2.09. The molecule has 0 radical (unpaired) electrons. The molecule has 70 valence electrons. The normalized spacial score (nSPS) is 10.5. The number of pyridine rings is 1. The number of rotatable bonds is 2. The molecule has 0 aliphatic rings. The summed E-state index contributed by atoms with van der Waals surface area (Å²) in [6, 6.07) is 0. The zero-order valence-electron chi connectivity index (χ0n) is 6.92. The lowest BCUT2D eigenvalue weighted by atomic mass is 10.1. The Kier molecular flexibility index (Phi) is 2.55. The van der Waals surface area contributed by atoms with Crippen molar-refractivity contribution < 1.29 is 13.6 Å². The zero-order valence-corrected chi connectivity index (χ0v) is 6.92. The van der Waals surface area contributed by atoms with Crippen LogP contribution in [0.1, 0.15) is 28.0 Å². The molecule has 0 amide bonds. The molecule has 0 saturated heterocycles. The summed E-state index contributed by atoms with van der Waals surface area (Å²) in [4.78, 5) is 13.8. The summed E-state index contributed by atoms with van der Waals surface area (Å²) in [7, 11) is 0. The molecule has 0 bridgehead atoms. The Morgan fingerprint density at radius 3 is 2.69 bits per heavy atom. The monoisotopic (exact) mass is 186 g/mol. The van der Waals surface area contributed by atoms with Crippen LogP contribution in [0.2, 0.25) is 0 Å². The van der Waals surface area contributed by atoms with Crippen molar-refractivity contribution in [1.82, 2.24) is 4.98 Å². The molecule has 1 heterocycles. The fraction of sp³-hybridized carbons (Fsp3) is 0.250. The van der Waals surface area contributed by atoms with Crippen LogP contribution in [0.4, 0.5) is 14.5 Å². The highest BCUT2D eigenvalue weighted by atomic mass is 19.3. The second kappa shape index (κ2) is 3.47. The number of nitrogen functional groups attached to an aromatic ring is 1. The van der Waals surface area contributed by atoms with Gasteiger partial charge in [0, 0.05) is 17.4 Å². The predicted octanol–water partition coefficient (Wildman–Crippen LogP) is 1.72. The van der Waals surface area contributed by atoms with Crippen molar-refractivity contribution in [1.29, 1.82) is 0 Å². The van der Waals surface area contributed by atoms with E-state index < -0.39 is 6.43 Å². The minimum absolute atomic E-state index is 0.0697. The number of hydrogen-bond acceptors (Lipinski definition) is 3. The number of halogens is 2. The van der Waals surface area contributed by atoms with Crippen LogP contribution in [0.15, 0.2) is 6.20 Å². The number of nitrogens with zero attached hydrogens (tertiary/aromatic N) is 1. The van der Waals surface area contributed by atoms with E-state index in [2.05, 4.69) is 4.98 Å². The van der Waals surface area contributed by atoms with Crippen molar-refractivity contribution in [3.8, 4) is 0 Å². The lowest BCUT2D eigenvalue weighted by Gasteiger charge is -2.07. The summed E-state index contributed by atoms with van der Waals surface area (Å²) in [5, 5.41) is 0. The summed E-state index contributed by atoms with van der Waals surface area (Å²) in [6.07, 6.45) is -1.12. The molecule has 2 N–H and O–H groups in total. The van der Waals surface area contributed by atoms with E-state index in [4.69, 9.17) is 5.73 Å². The highest BCUT2D eigenvalue weighted by Gasteiger charge is 2.15. The van der Waals surface area contributed by atoms with Gasteiger partial charge in [0.25, 0.3) is 6.43 Å². The molecule has 13 heavy (non-hydrogen) atoms. The number of aldehydes is 1. The molecule has 0 saturated carbocycles. The molecule has 0 aliphatic carbocycles. The number of carbonyl (C=O) groups is 1. The van der Waals surface area contributed by atoms with Crippen LogP contribution in [-0.4, -0.2) is 11.3 Å². The first-order chi connectivity index (χ1) is 6.07. The third-order valence-corrected chi connectivity index (χ3v) is 1.78. The second-order valence-corrected chi connectivity index (χ2v) is 2.56. The van der Waals surface area contributed by atoms with Gasteiger partial charge in [-0.2, -0.15) is 0 Å². The molecule has 0 atom stereocenters. The van der Waals surface area contributed by atoms with Crippen LogP contribution >= 0.6 is 0 Å². The maximum atomic E-state index is 12.2. The quantitative estimate of drug-likeness (QED) is 0.715. The van der Waals surface area contributed by atoms with Crippen LogP contribution in [0.25, 0.3) is 0 Å². The van der Waals surface area contributed by atoms with Crippen molar-refractivity contribution in [3.63, 3.8) is 0 Å². The van der Waals surface area contributed by atoms with Crippen LogP contribution in [0, 0.1) is 6.92 Å². The van der Waals surface area contributed by atoms with Crippen LogP contribution in [0.5, 0.6) is 0 Å². The molecule has 1 rings (SSSR count). The maximum absolute atomic E-state index is 12.2. The molecule has 0 spiro atoms. The van der Waals surface area contributed by atoms with E-state index >= 15 is 0 Å². The van der Waals surface area contributed by atoms with Gasteiger partial charge < -0.3 is 5.73 Å². The molecular weight excluding hydrogens is 178 g/mol. The van der Waals surface area contributed by atoms with Crippen molar-refractivity contribution in [3.05, 3.63) is 23.0 Å². The number of nitrogens with two attached hydrogens (primary N) is 1. The Hall–Kier alpha value is -1.52. The topological polar surface area (TPSA) is 56.0 Å². The number of anilines is 1. The van der Waals surface area contributed by atoms with E-state index in [1.165, 1.54) is 6.92 Å². The van der Waals surface area contributed by atoms with Crippen LogP contribution in [-0.2, 0) is 0 Å². The predicted molar refractivity (Wildman–Crippen MR) is 43.7 cm³/mol. The highest BCUT2D eigenvalue weighted by molar-refractivity contribution is 5.84. The van der Waals surface area contributed by atoms with Crippen molar-refractivity contribution >= 4 is 12.0 Å². The summed E-state index contributed by atoms with van der Waals surface area (Å²) in [5.41, 5.74) is 5.43. The largest absolute Gasteiger partial charge is 0.398 e. The number of alkyl halides is 2. The van der Waals surface area contributed by atoms with Crippen molar-refractivity contribution in [2.24, 2.45) is 0 Å². The van der Waals surface area contributed by atoms with Gasteiger partial charge in [-0.15, -0.1) is 0 Å². The fourth-order valence-electron chi connectivity index (χ4n) is 0.974. The highest BCUT2D eigenvalue weighted by Crippen LogP contribution is 2.25. The Morgan fingerprint density at radius 1 is 1.62 bits per heavy atom. The maximum Gasteiger partial charge on any atom is 0.280 e. The number of hydrogen-bond donors (Lipinski definition) is 1. The summed E-state index contributed by atoms with van der Waals surface area (Å²) in [5.74, 6) is 0. The van der Waals surface area contributed by atoms with Gasteiger partial charge in [-0.1, -0.05) is 0 Å². The molecule has 0 unspecified atom stereocenters. The fourth-order valence-corrected chi connectivity index (χ4v) is 0.974. The Morgan fingerprint density at radius 2 is 2.23 bits per heavy atom. The first-order valence-corrected chi connectivity index (χ1v) is 3.56. The standard InChI is InChI=1S/C8H8F2N2O/c1-4-6(11)5(3-13)2-12-7(4)8(9)10/h2-3,8H,1H3,(H2,11,12). The smallest absolute Gasteiger partial charge is 0.280 e. The average molecular weight is 186 g/mol. The number of carbonyl (C=O) groups excluding carboxylic acids is 1. The van der Waals surface area contributed by atoms with Crippen molar-refractivity contribution in [2.45, 2.75) is 13.3 Å². The van der Waals surface area contributed by atoms with Crippen LogP contribution < -0.4 is 5.73 Å².